The smallest absolute Gasteiger partial charge is 0.147 e. The van der Waals surface area contributed by atoms with Crippen LogP contribution < -0.4 is 9.64 Å². The van der Waals surface area contributed by atoms with Gasteiger partial charge in [0.2, 0.25) is 0 Å². The van der Waals surface area contributed by atoms with Crippen LogP contribution in [0.25, 0.3) is 33.5 Å². The second-order valence-corrected chi connectivity index (χ2v) is 9.64. The van der Waals surface area contributed by atoms with Gasteiger partial charge < -0.3 is 14.7 Å². The topological polar surface area (TPSA) is 90.4 Å². The molecule has 35 heavy (non-hydrogen) atoms. The van der Waals surface area contributed by atoms with Crippen LogP contribution in [0.4, 0.5) is 5.82 Å². The lowest BCUT2D eigenvalue weighted by Crippen LogP contribution is -2.50. The predicted octanol–water partition coefficient (Wildman–Crippen LogP) is 3.57. The molecule has 1 aromatic carbocycles. The van der Waals surface area contributed by atoms with E-state index in [9.17, 15) is 5.11 Å². The number of hydrogen-bond donors (Lipinski definition) is 2. The van der Waals surface area contributed by atoms with Crippen LogP contribution >= 0.6 is 0 Å². The molecular weight excluding hydrogens is 440 g/mol. The molecule has 8 heteroatoms. The van der Waals surface area contributed by atoms with Gasteiger partial charge in [-0.1, -0.05) is 18.2 Å². The van der Waals surface area contributed by atoms with Crippen molar-refractivity contribution < 1.29 is 9.84 Å². The van der Waals surface area contributed by atoms with E-state index in [-0.39, 0.29) is 6.10 Å². The van der Waals surface area contributed by atoms with Crippen molar-refractivity contribution in [2.24, 2.45) is 0 Å². The van der Waals surface area contributed by atoms with Crippen molar-refractivity contribution >= 4 is 16.9 Å². The van der Waals surface area contributed by atoms with Crippen LogP contribution in [0.2, 0.25) is 0 Å². The van der Waals surface area contributed by atoms with Crippen LogP contribution in [-0.4, -0.2) is 75.6 Å². The first-order chi connectivity index (χ1) is 17.0. The number of piperazine rings is 1. The fourth-order valence-electron chi connectivity index (χ4n) is 5.42. The molecule has 0 bridgehead atoms. The molecule has 4 aromatic rings. The Morgan fingerprint density at radius 2 is 1.97 bits per heavy atom. The highest BCUT2D eigenvalue weighted by Crippen LogP contribution is 2.36. The van der Waals surface area contributed by atoms with Crippen molar-refractivity contribution in [3.05, 3.63) is 53.7 Å². The highest BCUT2D eigenvalue weighted by atomic mass is 16.5. The van der Waals surface area contributed by atoms with Gasteiger partial charge in [0.15, 0.2) is 0 Å². The monoisotopic (exact) mass is 470 g/mol. The van der Waals surface area contributed by atoms with Crippen LogP contribution in [0.3, 0.4) is 0 Å². The van der Waals surface area contributed by atoms with Gasteiger partial charge in [-0.3, -0.25) is 10.00 Å². The molecule has 6 rings (SSSR count). The van der Waals surface area contributed by atoms with E-state index in [1.165, 1.54) is 11.1 Å². The lowest BCUT2D eigenvalue weighted by atomic mass is 9.99. The van der Waals surface area contributed by atoms with Crippen molar-refractivity contribution in [1.82, 2.24) is 25.1 Å². The Morgan fingerprint density at radius 1 is 1.09 bits per heavy atom. The van der Waals surface area contributed by atoms with E-state index in [2.05, 4.69) is 58.1 Å². The van der Waals surface area contributed by atoms with Gasteiger partial charge in [-0.15, -0.1) is 0 Å². The number of nitrogens with zero attached hydrogens (tertiary/aromatic N) is 5. The zero-order valence-electron chi connectivity index (χ0n) is 20.3. The summed E-state index contributed by atoms with van der Waals surface area (Å²) in [5.74, 6) is 1.67. The minimum absolute atomic E-state index is 0.206. The van der Waals surface area contributed by atoms with Gasteiger partial charge >= 0.3 is 0 Å². The second kappa shape index (κ2) is 8.62. The third-order valence-corrected chi connectivity index (χ3v) is 7.52. The maximum absolute atomic E-state index is 10.00. The summed E-state index contributed by atoms with van der Waals surface area (Å²) in [4.78, 5) is 14.5. The standard InChI is InChI=1S/C27H30N6O2/c1-16-5-4-6-21(17(16)2)26-23(35-3)12-22-27(29-26)25(31-30-22)18-7-8-24(28-13-18)33-10-9-32-15-20(34)11-19(32)14-33/h4-8,12-13,19-20,34H,9-11,14-15H2,1-3H3,(H,30,31). The Labute approximate surface area is 204 Å². The number of hydrogen-bond acceptors (Lipinski definition) is 7. The molecule has 8 nitrogen and oxygen atoms in total. The number of aliphatic hydroxyl groups is 1. The first kappa shape index (κ1) is 22.0. The highest BCUT2D eigenvalue weighted by Gasteiger charge is 2.35. The number of methoxy groups -OCH3 is 1. The Balaban J connectivity index is 1.33. The summed E-state index contributed by atoms with van der Waals surface area (Å²) in [6.45, 7) is 7.79. The predicted molar refractivity (Wildman–Crippen MR) is 137 cm³/mol. The van der Waals surface area contributed by atoms with Gasteiger partial charge in [0.25, 0.3) is 0 Å². The van der Waals surface area contributed by atoms with Gasteiger partial charge in [0, 0.05) is 55.6 Å². The van der Waals surface area contributed by atoms with E-state index in [1.54, 1.807) is 7.11 Å². The van der Waals surface area contributed by atoms with Crippen LogP contribution in [0.1, 0.15) is 17.5 Å². The molecule has 0 saturated carbocycles. The van der Waals surface area contributed by atoms with Crippen molar-refractivity contribution in [3.63, 3.8) is 0 Å². The summed E-state index contributed by atoms with van der Waals surface area (Å²) in [5.41, 5.74) is 7.58. The third-order valence-electron chi connectivity index (χ3n) is 7.52. The Bertz CT molecular complexity index is 1380. The molecule has 2 aliphatic heterocycles. The normalized spacial score (nSPS) is 20.4. The van der Waals surface area contributed by atoms with E-state index in [1.807, 2.05) is 18.3 Å². The van der Waals surface area contributed by atoms with E-state index >= 15 is 0 Å². The second-order valence-electron chi connectivity index (χ2n) is 9.64. The molecule has 5 heterocycles. The summed E-state index contributed by atoms with van der Waals surface area (Å²) in [6.07, 6.45) is 2.51. The van der Waals surface area contributed by atoms with Crippen molar-refractivity contribution in [2.75, 3.05) is 38.2 Å². The van der Waals surface area contributed by atoms with Crippen LogP contribution in [0.15, 0.2) is 42.6 Å². The SMILES string of the molecule is COc1cc2[nH]nc(-c3ccc(N4CCN5CC(O)CC5C4)nc3)c2nc1-c1cccc(C)c1C. The minimum atomic E-state index is -0.206. The summed E-state index contributed by atoms with van der Waals surface area (Å²) >= 11 is 0. The largest absolute Gasteiger partial charge is 0.494 e. The minimum Gasteiger partial charge on any atom is -0.494 e. The number of aryl methyl sites for hydroxylation is 1. The van der Waals surface area contributed by atoms with Gasteiger partial charge in [-0.2, -0.15) is 5.10 Å². The zero-order valence-corrected chi connectivity index (χ0v) is 20.3. The van der Waals surface area contributed by atoms with Gasteiger partial charge in [0.05, 0.1) is 18.7 Å². The summed E-state index contributed by atoms with van der Waals surface area (Å²) in [5, 5.41) is 17.7. The number of nitrogens with one attached hydrogen (secondary N) is 1. The molecule has 2 aliphatic rings. The van der Waals surface area contributed by atoms with Crippen LogP contribution in [-0.2, 0) is 0 Å². The van der Waals surface area contributed by atoms with E-state index in [0.29, 0.717) is 11.8 Å². The Kier molecular flexibility index (Phi) is 5.42. The molecule has 2 N–H and O–H groups in total. The number of aromatic nitrogens is 4. The van der Waals surface area contributed by atoms with Gasteiger partial charge in [0.1, 0.15) is 28.5 Å². The quantitative estimate of drug-likeness (QED) is 0.471. The lowest BCUT2D eigenvalue weighted by Gasteiger charge is -2.37. The number of pyridine rings is 2. The third kappa shape index (κ3) is 3.83. The lowest BCUT2D eigenvalue weighted by molar-refractivity contribution is 0.173. The maximum Gasteiger partial charge on any atom is 0.147 e. The fourth-order valence-corrected chi connectivity index (χ4v) is 5.42. The number of aromatic amines is 1. The zero-order chi connectivity index (χ0) is 24.1. The number of H-pyrrole nitrogens is 1. The summed E-state index contributed by atoms with van der Waals surface area (Å²) in [7, 11) is 1.67. The van der Waals surface area contributed by atoms with E-state index in [4.69, 9.17) is 14.7 Å². The average Bonchev–Trinajstić information content (AvgIpc) is 3.46. The highest BCUT2D eigenvalue weighted by molar-refractivity contribution is 5.93. The molecule has 3 aromatic heterocycles. The molecule has 180 valence electrons. The van der Waals surface area contributed by atoms with E-state index < -0.39 is 0 Å². The molecule has 2 fully saturated rings. The van der Waals surface area contributed by atoms with Crippen LogP contribution in [0.5, 0.6) is 5.75 Å². The number of fused-ring (bicyclic) bond motifs is 2. The molecule has 0 radical (unpaired) electrons. The molecule has 2 atom stereocenters. The summed E-state index contributed by atoms with van der Waals surface area (Å²) in [6, 6.07) is 12.7. The van der Waals surface area contributed by atoms with E-state index in [0.717, 1.165) is 72.0 Å². The first-order valence-electron chi connectivity index (χ1n) is 12.1. The number of benzene rings is 1. The molecular formula is C27H30N6O2. The molecule has 0 spiro atoms. The first-order valence-corrected chi connectivity index (χ1v) is 12.1. The number of anilines is 1. The molecule has 0 amide bonds. The summed E-state index contributed by atoms with van der Waals surface area (Å²) < 4.78 is 5.69. The number of rotatable bonds is 4. The Hall–Kier alpha value is -3.49. The number of ether oxygens (including phenoxy) is 1. The maximum atomic E-state index is 10.00. The van der Waals surface area contributed by atoms with Gasteiger partial charge in [-0.05, 0) is 43.5 Å². The van der Waals surface area contributed by atoms with Crippen molar-refractivity contribution in [2.45, 2.75) is 32.4 Å². The molecule has 2 unspecified atom stereocenters. The van der Waals surface area contributed by atoms with Crippen LogP contribution in [0, 0.1) is 13.8 Å². The Morgan fingerprint density at radius 3 is 2.77 bits per heavy atom. The fraction of sp³-hybridized carbons (Fsp3) is 0.370. The van der Waals surface area contributed by atoms with Crippen molar-refractivity contribution in [1.29, 1.82) is 0 Å². The average molecular weight is 471 g/mol. The molecule has 2 saturated heterocycles. The van der Waals surface area contributed by atoms with Crippen molar-refractivity contribution in [3.8, 4) is 28.3 Å². The number of aliphatic hydroxyl groups excluding tert-OH is 1. The molecule has 0 aliphatic carbocycles. The van der Waals surface area contributed by atoms with Gasteiger partial charge in [-0.25, -0.2) is 9.97 Å².